The first-order valence-electron chi connectivity index (χ1n) is 10.4. The van der Waals surface area contributed by atoms with Crippen molar-refractivity contribution in [2.24, 2.45) is 4.99 Å². The lowest BCUT2D eigenvalue weighted by atomic mass is 10.1. The van der Waals surface area contributed by atoms with Crippen molar-refractivity contribution in [3.05, 3.63) is 54.1 Å². The molecule has 0 aliphatic carbocycles. The third-order valence-corrected chi connectivity index (χ3v) is 5.17. The number of ether oxygens (including phenoxy) is 1. The maximum atomic E-state index is 10.1. The number of anilines is 1. The summed E-state index contributed by atoms with van der Waals surface area (Å²) in [5, 5.41) is 17.1. The molecule has 2 aromatic carbocycles. The number of methoxy groups -OCH3 is 1. The Balaban J connectivity index is 0.00000320. The number of aromatic hydroxyl groups is 1. The van der Waals surface area contributed by atoms with E-state index in [-0.39, 0.29) is 29.7 Å². The van der Waals surface area contributed by atoms with Crippen LogP contribution in [0.2, 0.25) is 0 Å². The second kappa shape index (κ2) is 12.5. The molecule has 0 amide bonds. The first-order chi connectivity index (χ1) is 14.2. The molecule has 7 heteroatoms. The Hall–Kier alpha value is -2.16. The fraction of sp³-hybridized carbons (Fsp3) is 0.435. The van der Waals surface area contributed by atoms with Crippen LogP contribution >= 0.6 is 24.0 Å². The molecule has 1 aliphatic rings. The summed E-state index contributed by atoms with van der Waals surface area (Å²) in [6.45, 7) is 5.54. The van der Waals surface area contributed by atoms with Crippen LogP contribution in [0.3, 0.4) is 0 Å². The van der Waals surface area contributed by atoms with Gasteiger partial charge in [0, 0.05) is 44.0 Å². The SMILES string of the molecule is CCNC(=NCCc1ccc(OC)cc1O)NC1CCCN(c2ccccc2)C1.I. The number of nitrogens with zero attached hydrogens (tertiary/aromatic N) is 2. The van der Waals surface area contributed by atoms with E-state index in [1.807, 2.05) is 12.1 Å². The van der Waals surface area contributed by atoms with Gasteiger partial charge in [0.2, 0.25) is 0 Å². The van der Waals surface area contributed by atoms with Crippen molar-refractivity contribution in [1.29, 1.82) is 0 Å². The van der Waals surface area contributed by atoms with Gasteiger partial charge in [-0.25, -0.2) is 0 Å². The molecular formula is C23H33IN4O2. The van der Waals surface area contributed by atoms with Gasteiger partial charge in [0.15, 0.2) is 5.96 Å². The van der Waals surface area contributed by atoms with Crippen molar-refractivity contribution in [2.75, 3.05) is 38.2 Å². The quantitative estimate of drug-likeness (QED) is 0.292. The van der Waals surface area contributed by atoms with Crippen LogP contribution in [0.5, 0.6) is 11.5 Å². The van der Waals surface area contributed by atoms with Crippen LogP contribution in [-0.2, 0) is 6.42 Å². The summed E-state index contributed by atoms with van der Waals surface area (Å²) >= 11 is 0. The molecule has 2 aromatic rings. The normalized spacial score (nSPS) is 16.5. The summed E-state index contributed by atoms with van der Waals surface area (Å²) < 4.78 is 5.14. The van der Waals surface area contributed by atoms with E-state index in [1.165, 1.54) is 5.69 Å². The zero-order chi connectivity index (χ0) is 20.5. The van der Waals surface area contributed by atoms with Gasteiger partial charge in [0.1, 0.15) is 11.5 Å². The highest BCUT2D eigenvalue weighted by atomic mass is 127. The molecule has 0 radical (unpaired) electrons. The molecule has 1 unspecified atom stereocenters. The minimum absolute atomic E-state index is 0. The molecular weight excluding hydrogens is 491 g/mol. The number of hydrogen-bond acceptors (Lipinski definition) is 4. The lowest BCUT2D eigenvalue weighted by molar-refractivity contribution is 0.406. The summed E-state index contributed by atoms with van der Waals surface area (Å²) in [4.78, 5) is 7.15. The highest BCUT2D eigenvalue weighted by Crippen LogP contribution is 2.23. The van der Waals surface area contributed by atoms with Crippen molar-refractivity contribution in [3.8, 4) is 11.5 Å². The molecule has 0 spiro atoms. The van der Waals surface area contributed by atoms with Crippen molar-refractivity contribution >= 4 is 35.6 Å². The average Bonchev–Trinajstić information content (AvgIpc) is 2.76. The third kappa shape index (κ3) is 6.97. The van der Waals surface area contributed by atoms with Gasteiger partial charge >= 0.3 is 0 Å². The van der Waals surface area contributed by atoms with Crippen LogP contribution in [-0.4, -0.2) is 50.4 Å². The molecule has 0 aromatic heterocycles. The van der Waals surface area contributed by atoms with Gasteiger partial charge in [-0.1, -0.05) is 24.3 Å². The van der Waals surface area contributed by atoms with E-state index < -0.39 is 0 Å². The Bertz CT molecular complexity index is 801. The van der Waals surface area contributed by atoms with Crippen molar-refractivity contribution < 1.29 is 9.84 Å². The van der Waals surface area contributed by atoms with E-state index >= 15 is 0 Å². The standard InChI is InChI=1S/C23H32N4O2.HI/c1-3-24-23(25-14-13-18-11-12-21(29-2)16-22(18)28)26-19-8-7-15-27(17-19)20-9-5-4-6-10-20;/h4-6,9-12,16,19,28H,3,7-8,13-15,17H2,1-2H3,(H2,24,25,26);1H. The van der Waals surface area contributed by atoms with Gasteiger partial charge in [0.25, 0.3) is 0 Å². The molecule has 3 rings (SSSR count). The Morgan fingerprint density at radius 3 is 2.73 bits per heavy atom. The minimum atomic E-state index is 0. The van der Waals surface area contributed by atoms with Crippen molar-refractivity contribution in [1.82, 2.24) is 10.6 Å². The van der Waals surface area contributed by atoms with Gasteiger partial charge < -0.3 is 25.4 Å². The topological polar surface area (TPSA) is 69.1 Å². The number of para-hydroxylation sites is 1. The van der Waals surface area contributed by atoms with Crippen molar-refractivity contribution in [3.63, 3.8) is 0 Å². The van der Waals surface area contributed by atoms with Gasteiger partial charge in [-0.05, 0) is 49.9 Å². The Morgan fingerprint density at radius 2 is 2.03 bits per heavy atom. The number of phenols is 1. The first kappa shape index (κ1) is 24.1. The van der Waals surface area contributed by atoms with E-state index in [0.717, 1.165) is 44.0 Å². The second-order valence-electron chi connectivity index (χ2n) is 7.27. The molecule has 0 bridgehead atoms. The van der Waals surface area contributed by atoms with Crippen LogP contribution in [0, 0.1) is 0 Å². The second-order valence-corrected chi connectivity index (χ2v) is 7.27. The van der Waals surface area contributed by atoms with Crippen LogP contribution < -0.4 is 20.3 Å². The summed E-state index contributed by atoms with van der Waals surface area (Å²) in [5.41, 5.74) is 2.15. The maximum Gasteiger partial charge on any atom is 0.191 e. The molecule has 1 heterocycles. The number of piperidine rings is 1. The van der Waals surface area contributed by atoms with Crippen LogP contribution in [0.1, 0.15) is 25.3 Å². The number of phenolic OH excluding ortho intramolecular Hbond substituents is 1. The average molecular weight is 524 g/mol. The number of rotatable bonds is 7. The zero-order valence-electron chi connectivity index (χ0n) is 17.8. The van der Waals surface area contributed by atoms with Crippen LogP contribution in [0.25, 0.3) is 0 Å². The number of nitrogens with one attached hydrogen (secondary N) is 2. The Morgan fingerprint density at radius 1 is 1.23 bits per heavy atom. The smallest absolute Gasteiger partial charge is 0.191 e. The van der Waals surface area contributed by atoms with Gasteiger partial charge in [0.05, 0.1) is 7.11 Å². The van der Waals surface area contributed by atoms with E-state index in [2.05, 4.69) is 52.8 Å². The number of hydrogen-bond donors (Lipinski definition) is 3. The van der Waals surface area contributed by atoms with E-state index in [4.69, 9.17) is 9.73 Å². The molecule has 1 aliphatic heterocycles. The van der Waals surface area contributed by atoms with Gasteiger partial charge in [-0.15, -0.1) is 24.0 Å². The highest BCUT2D eigenvalue weighted by Gasteiger charge is 2.20. The number of benzene rings is 2. The third-order valence-electron chi connectivity index (χ3n) is 5.17. The predicted molar refractivity (Wildman–Crippen MR) is 135 cm³/mol. The fourth-order valence-electron chi connectivity index (χ4n) is 3.65. The largest absolute Gasteiger partial charge is 0.508 e. The number of guanidine groups is 1. The van der Waals surface area contributed by atoms with E-state index in [1.54, 1.807) is 13.2 Å². The molecule has 1 atom stereocenters. The minimum Gasteiger partial charge on any atom is -0.508 e. The molecule has 1 fully saturated rings. The van der Waals surface area contributed by atoms with Gasteiger partial charge in [-0.3, -0.25) is 4.99 Å². The zero-order valence-corrected chi connectivity index (χ0v) is 20.1. The monoisotopic (exact) mass is 524 g/mol. The number of aliphatic imine (C=N–C) groups is 1. The molecule has 6 nitrogen and oxygen atoms in total. The van der Waals surface area contributed by atoms with Crippen LogP contribution in [0.15, 0.2) is 53.5 Å². The number of halogens is 1. The fourth-order valence-corrected chi connectivity index (χ4v) is 3.65. The molecule has 1 saturated heterocycles. The van der Waals surface area contributed by atoms with E-state index in [0.29, 0.717) is 24.8 Å². The van der Waals surface area contributed by atoms with E-state index in [9.17, 15) is 5.11 Å². The van der Waals surface area contributed by atoms with Gasteiger partial charge in [-0.2, -0.15) is 0 Å². The summed E-state index contributed by atoms with van der Waals surface area (Å²) in [5.74, 6) is 1.74. The lowest BCUT2D eigenvalue weighted by Crippen LogP contribution is -2.51. The Kier molecular flexibility index (Phi) is 10.1. The first-order valence-corrected chi connectivity index (χ1v) is 10.4. The molecule has 0 saturated carbocycles. The predicted octanol–water partition coefficient (Wildman–Crippen LogP) is 3.79. The maximum absolute atomic E-state index is 10.1. The summed E-state index contributed by atoms with van der Waals surface area (Å²) in [6, 6.07) is 16.3. The molecule has 30 heavy (non-hydrogen) atoms. The Labute approximate surface area is 196 Å². The van der Waals surface area contributed by atoms with Crippen molar-refractivity contribution in [2.45, 2.75) is 32.2 Å². The summed E-state index contributed by atoms with van der Waals surface area (Å²) in [6.07, 6.45) is 2.96. The van der Waals surface area contributed by atoms with Crippen LogP contribution in [0.4, 0.5) is 5.69 Å². The lowest BCUT2D eigenvalue weighted by Gasteiger charge is -2.35. The summed E-state index contributed by atoms with van der Waals surface area (Å²) in [7, 11) is 1.59. The molecule has 164 valence electrons. The highest BCUT2D eigenvalue weighted by molar-refractivity contribution is 14.0. The molecule has 3 N–H and O–H groups in total.